The predicted octanol–water partition coefficient (Wildman–Crippen LogP) is 5.42. The molecule has 0 spiro atoms. The number of carbonyl (C=O) groups excluding carboxylic acids is 1. The normalized spacial score (nSPS) is 12.1. The molecule has 39 heavy (non-hydrogen) atoms. The topological polar surface area (TPSA) is 147 Å². The first-order chi connectivity index (χ1) is 18.6. The zero-order valence-electron chi connectivity index (χ0n) is 21.6. The number of hydrogen-bond acceptors (Lipinski definition) is 9. The van der Waals surface area contributed by atoms with Gasteiger partial charge in [0.05, 0.1) is 41.3 Å². The minimum Gasteiger partial charge on any atom is -0.497 e. The van der Waals surface area contributed by atoms with Crippen molar-refractivity contribution in [3.63, 3.8) is 0 Å². The summed E-state index contributed by atoms with van der Waals surface area (Å²) in [6.45, 7) is 1.73. The van der Waals surface area contributed by atoms with Gasteiger partial charge in [-0.15, -0.1) is 10.2 Å². The largest absolute Gasteiger partial charge is 0.497 e. The summed E-state index contributed by atoms with van der Waals surface area (Å²) in [6.07, 6.45) is 1.31. The first-order valence-corrected chi connectivity index (χ1v) is 13.5. The van der Waals surface area contributed by atoms with Gasteiger partial charge in [-0.25, -0.2) is 8.99 Å². The van der Waals surface area contributed by atoms with Crippen LogP contribution >= 0.6 is 0 Å². The fraction of sp³-hybridized carbons (Fsp3) is 0.143. The van der Waals surface area contributed by atoms with Crippen molar-refractivity contribution < 1.29 is 23.2 Å². The van der Waals surface area contributed by atoms with E-state index in [2.05, 4.69) is 15.5 Å². The van der Waals surface area contributed by atoms with Gasteiger partial charge in [-0.05, 0) is 67.1 Å². The van der Waals surface area contributed by atoms with Gasteiger partial charge in [0.1, 0.15) is 11.3 Å². The number of aromatic nitrogens is 2. The summed E-state index contributed by atoms with van der Waals surface area (Å²) in [7, 11) is 0.0142. The molecule has 4 rings (SSSR count). The van der Waals surface area contributed by atoms with E-state index < -0.39 is 15.6 Å². The Balaban J connectivity index is 1.81. The highest BCUT2D eigenvalue weighted by atomic mass is 32.2. The average Bonchev–Trinajstić information content (AvgIpc) is 2.93. The Hall–Kier alpha value is -4.95. The number of anilines is 1. The van der Waals surface area contributed by atoms with Crippen LogP contribution in [0.4, 0.5) is 5.69 Å². The molecule has 0 saturated heterocycles. The number of nitrogens with zero attached hydrogens (tertiary/aromatic N) is 3. The van der Waals surface area contributed by atoms with E-state index in [9.17, 15) is 14.3 Å². The summed E-state index contributed by atoms with van der Waals surface area (Å²) in [4.78, 5) is 14.0. The summed E-state index contributed by atoms with van der Waals surface area (Å²) in [5.74, 6) is 0.543. The van der Waals surface area contributed by atoms with Crippen molar-refractivity contribution >= 4 is 21.3 Å². The van der Waals surface area contributed by atoms with Gasteiger partial charge in [-0.3, -0.25) is 4.79 Å². The standard InChI is InChI=1S/C28H25N5O5S/c1-17-25(27(34)31-20-6-5-7-22(15-20)39(4,30)35)28(38-23-13-8-18(16-29)14-24(23)37-3)33-32-26(17)19-9-11-21(36-2)12-10-19/h5-15,30H,1-4H3,(H,31,34). The van der Waals surface area contributed by atoms with E-state index in [1.807, 2.05) is 6.07 Å². The quantitative estimate of drug-likeness (QED) is 0.299. The van der Waals surface area contributed by atoms with Gasteiger partial charge < -0.3 is 19.5 Å². The average molecular weight is 544 g/mol. The van der Waals surface area contributed by atoms with Gasteiger partial charge in [0.25, 0.3) is 11.8 Å². The molecule has 2 N–H and O–H groups in total. The van der Waals surface area contributed by atoms with Crippen molar-refractivity contribution in [3.8, 4) is 40.5 Å². The first kappa shape index (κ1) is 27.1. The molecule has 1 heterocycles. The fourth-order valence-electron chi connectivity index (χ4n) is 3.80. The zero-order valence-corrected chi connectivity index (χ0v) is 22.5. The highest BCUT2D eigenvalue weighted by Crippen LogP contribution is 2.36. The van der Waals surface area contributed by atoms with E-state index in [0.29, 0.717) is 33.8 Å². The molecule has 0 fully saturated rings. The third-order valence-corrected chi connectivity index (χ3v) is 6.97. The number of hydrogen-bond donors (Lipinski definition) is 2. The van der Waals surface area contributed by atoms with Gasteiger partial charge in [0.15, 0.2) is 11.5 Å². The Morgan fingerprint density at radius 2 is 1.74 bits per heavy atom. The Kier molecular flexibility index (Phi) is 7.78. The predicted molar refractivity (Wildman–Crippen MR) is 146 cm³/mol. The van der Waals surface area contributed by atoms with E-state index in [1.54, 1.807) is 68.6 Å². The number of ether oxygens (including phenoxy) is 3. The van der Waals surface area contributed by atoms with Crippen molar-refractivity contribution in [2.24, 2.45) is 0 Å². The van der Waals surface area contributed by atoms with Gasteiger partial charge in [0.2, 0.25) is 0 Å². The van der Waals surface area contributed by atoms with Crippen molar-refractivity contribution in [3.05, 3.63) is 83.4 Å². The third kappa shape index (κ3) is 5.97. The number of methoxy groups -OCH3 is 2. The van der Waals surface area contributed by atoms with Crippen molar-refractivity contribution in [2.75, 3.05) is 25.8 Å². The van der Waals surface area contributed by atoms with E-state index in [0.717, 1.165) is 0 Å². The van der Waals surface area contributed by atoms with Crippen LogP contribution in [0.5, 0.6) is 23.1 Å². The van der Waals surface area contributed by atoms with Crippen LogP contribution in [0.3, 0.4) is 0 Å². The molecule has 1 amide bonds. The third-order valence-electron chi connectivity index (χ3n) is 5.82. The highest BCUT2D eigenvalue weighted by Gasteiger charge is 2.24. The molecule has 0 aliphatic heterocycles. The zero-order chi connectivity index (χ0) is 28.2. The number of rotatable bonds is 8. The number of nitriles is 1. The summed E-state index contributed by atoms with van der Waals surface area (Å²) in [5, 5.41) is 20.6. The lowest BCUT2D eigenvalue weighted by molar-refractivity contribution is 0.102. The van der Waals surface area contributed by atoms with Crippen LogP contribution in [0, 0.1) is 23.0 Å². The van der Waals surface area contributed by atoms with E-state index in [4.69, 9.17) is 19.0 Å². The highest BCUT2D eigenvalue weighted by molar-refractivity contribution is 7.91. The maximum atomic E-state index is 13.7. The molecule has 3 aromatic carbocycles. The molecule has 0 saturated carbocycles. The first-order valence-electron chi connectivity index (χ1n) is 11.6. The molecule has 1 unspecified atom stereocenters. The second-order valence-corrected chi connectivity index (χ2v) is 10.6. The molecule has 0 bridgehead atoms. The summed E-state index contributed by atoms with van der Waals surface area (Å²) in [6, 6.07) is 20.1. The van der Waals surface area contributed by atoms with Crippen LogP contribution in [0.25, 0.3) is 11.3 Å². The summed E-state index contributed by atoms with van der Waals surface area (Å²) in [5.41, 5.74) is 2.49. The second-order valence-electron chi connectivity index (χ2n) is 8.49. The summed E-state index contributed by atoms with van der Waals surface area (Å²) >= 11 is 0. The monoisotopic (exact) mass is 543 g/mol. The molecule has 0 aliphatic rings. The number of nitrogens with one attached hydrogen (secondary N) is 2. The van der Waals surface area contributed by atoms with Crippen molar-refractivity contribution in [2.45, 2.75) is 11.8 Å². The van der Waals surface area contributed by atoms with E-state index in [1.165, 1.54) is 25.5 Å². The summed E-state index contributed by atoms with van der Waals surface area (Å²) < 4.78 is 36.7. The fourth-order valence-corrected chi connectivity index (χ4v) is 4.49. The minimum atomic E-state index is -2.99. The maximum Gasteiger partial charge on any atom is 0.261 e. The second kappa shape index (κ2) is 11.2. The Labute approximate surface area is 226 Å². The molecule has 1 atom stereocenters. The van der Waals surface area contributed by atoms with Gasteiger partial charge in [0, 0.05) is 28.5 Å². The van der Waals surface area contributed by atoms with Crippen LogP contribution in [0.15, 0.2) is 71.6 Å². The van der Waals surface area contributed by atoms with Crippen LogP contribution in [0.2, 0.25) is 0 Å². The van der Waals surface area contributed by atoms with Crippen LogP contribution < -0.4 is 19.5 Å². The lowest BCUT2D eigenvalue weighted by Crippen LogP contribution is -2.17. The number of carbonyl (C=O) groups is 1. The molecular formula is C28H25N5O5S. The van der Waals surface area contributed by atoms with Crippen molar-refractivity contribution in [1.82, 2.24) is 10.2 Å². The molecule has 198 valence electrons. The molecule has 1 aromatic heterocycles. The Morgan fingerprint density at radius 1 is 1.00 bits per heavy atom. The van der Waals surface area contributed by atoms with Crippen LogP contribution in [-0.4, -0.2) is 40.8 Å². The minimum absolute atomic E-state index is 0.0822. The van der Waals surface area contributed by atoms with Crippen LogP contribution in [0.1, 0.15) is 21.5 Å². The molecule has 4 aromatic rings. The molecule has 10 nitrogen and oxygen atoms in total. The van der Waals surface area contributed by atoms with E-state index in [-0.39, 0.29) is 27.8 Å². The Bertz CT molecular complexity index is 1700. The molecule has 0 aliphatic carbocycles. The Morgan fingerprint density at radius 3 is 2.38 bits per heavy atom. The van der Waals surface area contributed by atoms with E-state index >= 15 is 0 Å². The number of benzene rings is 3. The maximum absolute atomic E-state index is 13.7. The molecule has 0 radical (unpaired) electrons. The number of amides is 1. The van der Waals surface area contributed by atoms with Gasteiger partial charge in [-0.1, -0.05) is 6.07 Å². The molecule has 11 heteroatoms. The van der Waals surface area contributed by atoms with Gasteiger partial charge >= 0.3 is 0 Å². The lowest BCUT2D eigenvalue weighted by atomic mass is 10.0. The van der Waals surface area contributed by atoms with Crippen LogP contribution in [-0.2, 0) is 9.73 Å². The SMILES string of the molecule is COc1ccc(-c2nnc(Oc3ccc(C#N)cc3OC)c(C(=O)Nc3cccc(S(C)(=N)=O)c3)c2C)cc1. The smallest absolute Gasteiger partial charge is 0.261 e. The molecular weight excluding hydrogens is 518 g/mol. The van der Waals surface area contributed by atoms with Gasteiger partial charge in [-0.2, -0.15) is 5.26 Å². The van der Waals surface area contributed by atoms with Crippen molar-refractivity contribution in [1.29, 1.82) is 10.0 Å². The lowest BCUT2D eigenvalue weighted by Gasteiger charge is -2.16.